The monoisotopic (exact) mass is 470 g/mol. The Labute approximate surface area is 193 Å². The highest BCUT2D eigenvalue weighted by atomic mass is 19.4. The molecule has 0 radical (unpaired) electrons. The zero-order valence-electron chi connectivity index (χ0n) is 17.8. The second-order valence-corrected chi connectivity index (χ2v) is 8.13. The van der Waals surface area contributed by atoms with E-state index in [4.69, 9.17) is 9.47 Å². The molecule has 0 bridgehead atoms. The number of carbonyl (C=O) groups is 1. The molecule has 4 unspecified atom stereocenters. The fourth-order valence-electron chi connectivity index (χ4n) is 4.17. The summed E-state index contributed by atoms with van der Waals surface area (Å²) in [6.45, 7) is 0.561. The molecule has 7 nitrogen and oxygen atoms in total. The number of carbonyl (C=O) groups excluding carboxylic acids is 1. The lowest BCUT2D eigenvalue weighted by molar-refractivity contribution is -0.137. The van der Waals surface area contributed by atoms with E-state index in [0.29, 0.717) is 12.6 Å². The number of rotatable bonds is 5. The first-order valence-electron chi connectivity index (χ1n) is 10.7. The lowest BCUT2D eigenvalue weighted by atomic mass is 10.1. The van der Waals surface area contributed by atoms with Crippen LogP contribution < -0.4 is 10.6 Å². The number of hydrogen-bond acceptors (Lipinski definition) is 6. The molecule has 4 atom stereocenters. The molecule has 0 spiro atoms. The molecule has 2 fully saturated rings. The maximum absolute atomic E-state index is 12.7. The van der Waals surface area contributed by atoms with Gasteiger partial charge in [0.1, 0.15) is 12.2 Å². The number of alkyl halides is 3. The number of nitrogens with one attached hydrogen (secondary N) is 2. The van der Waals surface area contributed by atoms with Crippen molar-refractivity contribution in [2.24, 2.45) is 0 Å². The summed E-state index contributed by atoms with van der Waals surface area (Å²) >= 11 is 0. The number of hydrogen-bond donors (Lipinski definition) is 2. The average Bonchev–Trinajstić information content (AvgIpc) is 3.43. The van der Waals surface area contributed by atoms with Gasteiger partial charge in [0, 0.05) is 17.3 Å². The molecule has 2 aliphatic rings. The lowest BCUT2D eigenvalue weighted by Gasteiger charge is -2.18. The summed E-state index contributed by atoms with van der Waals surface area (Å²) in [4.78, 5) is 21.4. The van der Waals surface area contributed by atoms with Gasteiger partial charge in [0.15, 0.2) is 0 Å². The summed E-state index contributed by atoms with van der Waals surface area (Å²) in [7, 11) is 0. The molecule has 1 aromatic heterocycles. The van der Waals surface area contributed by atoms with Gasteiger partial charge < -0.3 is 20.1 Å². The van der Waals surface area contributed by atoms with Crippen molar-refractivity contribution in [1.82, 2.24) is 15.3 Å². The topological polar surface area (TPSA) is 85.4 Å². The van der Waals surface area contributed by atoms with Crippen LogP contribution in [0, 0.1) is 0 Å². The molecule has 3 aromatic rings. The van der Waals surface area contributed by atoms with E-state index in [-0.39, 0.29) is 24.3 Å². The van der Waals surface area contributed by atoms with Gasteiger partial charge in [-0.1, -0.05) is 30.3 Å². The molecule has 3 heterocycles. The zero-order chi connectivity index (χ0) is 23.7. The lowest BCUT2D eigenvalue weighted by Crippen LogP contribution is -2.44. The van der Waals surface area contributed by atoms with Gasteiger partial charge in [0.05, 0.1) is 36.6 Å². The van der Waals surface area contributed by atoms with E-state index < -0.39 is 29.8 Å². The van der Waals surface area contributed by atoms with Gasteiger partial charge in [-0.3, -0.25) is 4.79 Å². The van der Waals surface area contributed by atoms with Crippen molar-refractivity contribution in [2.75, 3.05) is 18.5 Å². The van der Waals surface area contributed by atoms with Gasteiger partial charge in [-0.05, 0) is 30.3 Å². The van der Waals surface area contributed by atoms with Gasteiger partial charge in [-0.25, -0.2) is 9.97 Å². The highest BCUT2D eigenvalue weighted by Gasteiger charge is 2.48. The van der Waals surface area contributed by atoms with Crippen LogP contribution >= 0.6 is 0 Å². The minimum absolute atomic E-state index is 0.134. The van der Waals surface area contributed by atoms with E-state index in [1.165, 1.54) is 0 Å². The fourth-order valence-corrected chi connectivity index (χ4v) is 4.17. The molecule has 2 N–H and O–H groups in total. The van der Waals surface area contributed by atoms with Crippen molar-refractivity contribution in [3.8, 4) is 11.3 Å². The number of aromatic nitrogens is 2. The Bertz CT molecular complexity index is 1160. The van der Waals surface area contributed by atoms with E-state index in [0.717, 1.165) is 35.5 Å². The molecular formula is C24H21F3N4O3. The Hall–Kier alpha value is -3.50. The Balaban J connectivity index is 1.21. The third-order valence-corrected chi connectivity index (χ3v) is 5.88. The number of nitrogens with zero attached hydrogens (tertiary/aromatic N) is 2. The van der Waals surface area contributed by atoms with Crippen LogP contribution in [0.2, 0.25) is 0 Å². The van der Waals surface area contributed by atoms with Crippen molar-refractivity contribution in [3.63, 3.8) is 0 Å². The Kier molecular flexibility index (Phi) is 5.93. The third kappa shape index (κ3) is 4.59. The summed E-state index contributed by atoms with van der Waals surface area (Å²) in [5, 5.41) is 6.07. The van der Waals surface area contributed by atoms with Crippen LogP contribution in [-0.2, 0) is 15.7 Å². The normalized spacial score (nSPS) is 24.0. The molecule has 176 valence electrons. The first kappa shape index (κ1) is 22.3. The fraction of sp³-hybridized carbons (Fsp3) is 0.292. The second-order valence-electron chi connectivity index (χ2n) is 8.13. The first-order chi connectivity index (χ1) is 16.4. The molecule has 2 aliphatic heterocycles. The highest BCUT2D eigenvalue weighted by molar-refractivity contribution is 5.94. The molecular weight excluding hydrogens is 449 g/mol. The van der Waals surface area contributed by atoms with Crippen LogP contribution in [0.5, 0.6) is 0 Å². The largest absolute Gasteiger partial charge is 0.416 e. The molecule has 10 heteroatoms. The minimum atomic E-state index is -4.45. The standard InChI is InChI=1S/C24H21F3N4O3/c25-24(26,27)16-8-6-15(7-9-16)22(32)29-18-12-33-21-19(13-34-20(18)21)31-23-28-11-10-17(30-23)14-4-2-1-3-5-14/h1-11,18-21H,12-13H2,(H,29,32)(H,28,30,31). The van der Waals surface area contributed by atoms with E-state index >= 15 is 0 Å². The zero-order valence-corrected chi connectivity index (χ0v) is 17.8. The van der Waals surface area contributed by atoms with Crippen molar-refractivity contribution < 1.29 is 27.4 Å². The first-order valence-corrected chi connectivity index (χ1v) is 10.7. The number of anilines is 1. The summed E-state index contributed by atoms with van der Waals surface area (Å²) in [6, 6.07) is 15.0. The summed E-state index contributed by atoms with van der Waals surface area (Å²) < 4.78 is 50.0. The smallest absolute Gasteiger partial charge is 0.371 e. The van der Waals surface area contributed by atoms with Gasteiger partial charge in [-0.2, -0.15) is 13.2 Å². The van der Waals surface area contributed by atoms with Crippen molar-refractivity contribution in [3.05, 3.63) is 78.0 Å². The van der Waals surface area contributed by atoms with Crippen molar-refractivity contribution in [2.45, 2.75) is 30.5 Å². The highest BCUT2D eigenvalue weighted by Crippen LogP contribution is 2.30. The van der Waals surface area contributed by atoms with Gasteiger partial charge in [0.2, 0.25) is 5.95 Å². The molecule has 34 heavy (non-hydrogen) atoms. The third-order valence-electron chi connectivity index (χ3n) is 5.88. The van der Waals surface area contributed by atoms with Crippen LogP contribution in [0.25, 0.3) is 11.3 Å². The van der Waals surface area contributed by atoms with Crippen molar-refractivity contribution in [1.29, 1.82) is 0 Å². The molecule has 2 aromatic carbocycles. The predicted octanol–water partition coefficient (Wildman–Crippen LogP) is 3.54. The van der Waals surface area contributed by atoms with Crippen LogP contribution in [0.3, 0.4) is 0 Å². The SMILES string of the molecule is O=C(NC1COC2C(Nc3nccc(-c4ccccc4)n3)COC12)c1ccc(C(F)(F)F)cc1. The number of ether oxygens (including phenoxy) is 2. The second kappa shape index (κ2) is 9.03. The number of benzene rings is 2. The predicted molar refractivity (Wildman–Crippen MR) is 117 cm³/mol. The maximum Gasteiger partial charge on any atom is 0.416 e. The average molecular weight is 470 g/mol. The Morgan fingerprint density at radius 3 is 2.29 bits per heavy atom. The minimum Gasteiger partial charge on any atom is -0.371 e. The quantitative estimate of drug-likeness (QED) is 0.594. The van der Waals surface area contributed by atoms with E-state index in [1.807, 2.05) is 36.4 Å². The van der Waals surface area contributed by atoms with Crippen LogP contribution in [-0.4, -0.2) is 53.4 Å². The Morgan fingerprint density at radius 1 is 0.912 bits per heavy atom. The number of halogens is 3. The Morgan fingerprint density at radius 2 is 1.59 bits per heavy atom. The molecule has 0 saturated carbocycles. The maximum atomic E-state index is 12.7. The number of fused-ring (bicyclic) bond motifs is 1. The summed E-state index contributed by atoms with van der Waals surface area (Å²) in [5.41, 5.74) is 1.08. The van der Waals surface area contributed by atoms with Crippen LogP contribution in [0.15, 0.2) is 66.9 Å². The number of amides is 1. The summed E-state index contributed by atoms with van der Waals surface area (Å²) in [5.74, 6) is -0.0432. The molecule has 5 rings (SSSR count). The molecule has 2 saturated heterocycles. The summed E-state index contributed by atoms with van der Waals surface area (Å²) in [6.07, 6.45) is -3.51. The van der Waals surface area contributed by atoms with Gasteiger partial charge in [-0.15, -0.1) is 0 Å². The van der Waals surface area contributed by atoms with Crippen LogP contribution in [0.1, 0.15) is 15.9 Å². The van der Waals surface area contributed by atoms with Gasteiger partial charge in [0.25, 0.3) is 5.91 Å². The van der Waals surface area contributed by atoms with E-state index in [1.54, 1.807) is 6.20 Å². The van der Waals surface area contributed by atoms with E-state index in [9.17, 15) is 18.0 Å². The van der Waals surface area contributed by atoms with Crippen molar-refractivity contribution >= 4 is 11.9 Å². The molecule has 0 aliphatic carbocycles. The van der Waals surface area contributed by atoms with Crippen LogP contribution in [0.4, 0.5) is 19.1 Å². The van der Waals surface area contributed by atoms with Gasteiger partial charge >= 0.3 is 6.18 Å². The molecule has 1 amide bonds. The van der Waals surface area contributed by atoms with E-state index in [2.05, 4.69) is 20.6 Å².